The monoisotopic (exact) mass is 290 g/mol. The van der Waals surface area contributed by atoms with Gasteiger partial charge in [-0.05, 0) is 19.3 Å². The van der Waals surface area contributed by atoms with Crippen LogP contribution in [-0.2, 0) is 9.53 Å². The Balaban J connectivity index is 0.00000180. The van der Waals surface area contributed by atoms with Crippen molar-refractivity contribution in [3.05, 3.63) is 0 Å². The first kappa shape index (κ1) is 16.7. The maximum Gasteiger partial charge on any atom is 0.227 e. The van der Waals surface area contributed by atoms with E-state index in [0.29, 0.717) is 6.54 Å². The fourth-order valence-electron chi connectivity index (χ4n) is 3.42. The zero-order chi connectivity index (χ0) is 13.4. The number of methoxy groups -OCH3 is 1. The smallest absolute Gasteiger partial charge is 0.227 e. The summed E-state index contributed by atoms with van der Waals surface area (Å²) in [4.78, 5) is 12.5. The fraction of sp³-hybridized carbons (Fsp3) is 0.929. The lowest BCUT2D eigenvalue weighted by Crippen LogP contribution is -2.63. The molecule has 0 saturated heterocycles. The van der Waals surface area contributed by atoms with Gasteiger partial charge in [-0.3, -0.25) is 4.79 Å². The van der Waals surface area contributed by atoms with Crippen LogP contribution in [0.25, 0.3) is 0 Å². The molecule has 2 saturated carbocycles. The van der Waals surface area contributed by atoms with Gasteiger partial charge in [-0.2, -0.15) is 0 Å². The predicted molar refractivity (Wildman–Crippen MR) is 78.3 cm³/mol. The Morgan fingerprint density at radius 1 is 1.37 bits per heavy atom. The summed E-state index contributed by atoms with van der Waals surface area (Å²) in [5.74, 6) is 0.162. The Morgan fingerprint density at radius 2 is 1.95 bits per heavy atom. The quantitative estimate of drug-likeness (QED) is 0.831. The highest BCUT2D eigenvalue weighted by atomic mass is 35.5. The van der Waals surface area contributed by atoms with E-state index >= 15 is 0 Å². The van der Waals surface area contributed by atoms with Crippen molar-refractivity contribution in [1.82, 2.24) is 5.32 Å². The molecule has 0 aromatic heterocycles. The average Bonchev–Trinajstić information content (AvgIpc) is 2.83. The van der Waals surface area contributed by atoms with E-state index in [0.717, 1.165) is 32.1 Å². The van der Waals surface area contributed by atoms with Gasteiger partial charge in [-0.25, -0.2) is 0 Å². The molecular weight excluding hydrogens is 264 g/mol. The van der Waals surface area contributed by atoms with E-state index in [9.17, 15) is 4.79 Å². The number of nitrogens with two attached hydrogens (primary N) is 1. The van der Waals surface area contributed by atoms with Crippen molar-refractivity contribution in [2.45, 2.75) is 58.1 Å². The molecule has 0 aromatic rings. The molecule has 0 radical (unpaired) electrons. The first-order valence-electron chi connectivity index (χ1n) is 7.00. The maximum absolute atomic E-state index is 12.5. The third kappa shape index (κ3) is 2.76. The summed E-state index contributed by atoms with van der Waals surface area (Å²) in [6.45, 7) is 4.78. The Kier molecular flexibility index (Phi) is 5.27. The Hall–Kier alpha value is -0.320. The van der Waals surface area contributed by atoms with Crippen LogP contribution in [0, 0.1) is 10.8 Å². The summed E-state index contributed by atoms with van der Waals surface area (Å²) in [5.41, 5.74) is 5.57. The number of nitrogens with one attached hydrogen (secondary N) is 1. The van der Waals surface area contributed by atoms with Gasteiger partial charge in [-0.15, -0.1) is 12.4 Å². The average molecular weight is 291 g/mol. The molecule has 2 rings (SSSR count). The minimum atomic E-state index is -0.297. The van der Waals surface area contributed by atoms with Gasteiger partial charge in [0.1, 0.15) is 0 Å². The summed E-state index contributed by atoms with van der Waals surface area (Å²) in [6, 6.07) is 0.221. The van der Waals surface area contributed by atoms with Crippen LogP contribution in [-0.4, -0.2) is 31.7 Å². The molecular formula is C14H27ClN2O2. The molecule has 0 aliphatic heterocycles. The Morgan fingerprint density at radius 3 is 2.37 bits per heavy atom. The zero-order valence-corrected chi connectivity index (χ0v) is 13.0. The molecule has 0 heterocycles. The van der Waals surface area contributed by atoms with Crippen molar-refractivity contribution in [3.8, 4) is 0 Å². The maximum atomic E-state index is 12.5. The normalized spacial score (nSPS) is 31.2. The summed E-state index contributed by atoms with van der Waals surface area (Å²) in [6.07, 6.45) is 5.29. The van der Waals surface area contributed by atoms with Gasteiger partial charge >= 0.3 is 0 Å². The molecule has 4 nitrogen and oxygen atoms in total. The second kappa shape index (κ2) is 5.98. The van der Waals surface area contributed by atoms with Crippen molar-refractivity contribution in [2.75, 3.05) is 13.7 Å². The highest BCUT2D eigenvalue weighted by Crippen LogP contribution is 2.44. The summed E-state index contributed by atoms with van der Waals surface area (Å²) in [5, 5.41) is 3.21. The van der Waals surface area contributed by atoms with E-state index in [1.807, 2.05) is 0 Å². The van der Waals surface area contributed by atoms with Crippen LogP contribution in [0.2, 0.25) is 0 Å². The summed E-state index contributed by atoms with van der Waals surface area (Å²) in [7, 11) is 1.74. The lowest BCUT2D eigenvalue weighted by molar-refractivity contribution is -0.141. The summed E-state index contributed by atoms with van der Waals surface area (Å²) < 4.78 is 5.41. The number of carbonyl (C=O) groups is 1. The molecule has 19 heavy (non-hydrogen) atoms. The van der Waals surface area contributed by atoms with Crippen LogP contribution in [0.3, 0.4) is 0 Å². The van der Waals surface area contributed by atoms with Gasteiger partial charge < -0.3 is 15.8 Å². The first-order chi connectivity index (χ1) is 8.46. The number of hydrogen-bond acceptors (Lipinski definition) is 3. The minimum Gasteiger partial charge on any atom is -0.381 e. The molecule has 1 amide bonds. The topological polar surface area (TPSA) is 64.3 Å². The molecule has 112 valence electrons. The number of amides is 1. The number of ether oxygens (including phenoxy) is 1. The fourth-order valence-corrected chi connectivity index (χ4v) is 3.42. The van der Waals surface area contributed by atoms with E-state index < -0.39 is 0 Å². The van der Waals surface area contributed by atoms with Gasteiger partial charge in [-0.1, -0.05) is 26.7 Å². The highest BCUT2D eigenvalue weighted by molar-refractivity contribution is 5.85. The number of hydrogen-bond donors (Lipinski definition) is 2. The Labute approximate surface area is 122 Å². The van der Waals surface area contributed by atoms with Crippen LogP contribution in [0.1, 0.15) is 46.0 Å². The van der Waals surface area contributed by atoms with Gasteiger partial charge in [0, 0.05) is 25.1 Å². The van der Waals surface area contributed by atoms with E-state index in [1.54, 1.807) is 7.11 Å². The minimum absolute atomic E-state index is 0. The molecule has 0 aromatic carbocycles. The number of carbonyl (C=O) groups excluding carboxylic acids is 1. The lowest BCUT2D eigenvalue weighted by Gasteiger charge is -2.52. The SMILES string of the molecule is COC1CC(NC(=O)C2(CN)CCCC2)C1(C)C.Cl. The van der Waals surface area contributed by atoms with Crippen molar-refractivity contribution in [3.63, 3.8) is 0 Å². The second-order valence-corrected chi connectivity index (χ2v) is 6.50. The Bertz CT molecular complexity index is 327. The van der Waals surface area contributed by atoms with Crippen LogP contribution in [0.5, 0.6) is 0 Å². The van der Waals surface area contributed by atoms with E-state index in [2.05, 4.69) is 19.2 Å². The van der Waals surface area contributed by atoms with Crippen molar-refractivity contribution >= 4 is 18.3 Å². The third-order valence-corrected chi connectivity index (χ3v) is 5.20. The van der Waals surface area contributed by atoms with Crippen molar-refractivity contribution in [1.29, 1.82) is 0 Å². The third-order valence-electron chi connectivity index (χ3n) is 5.20. The molecule has 2 unspecified atom stereocenters. The van der Waals surface area contributed by atoms with E-state index in [4.69, 9.17) is 10.5 Å². The van der Waals surface area contributed by atoms with E-state index in [1.165, 1.54) is 0 Å². The molecule has 0 spiro atoms. The molecule has 3 N–H and O–H groups in total. The number of halogens is 1. The van der Waals surface area contributed by atoms with Crippen LogP contribution in [0.15, 0.2) is 0 Å². The zero-order valence-electron chi connectivity index (χ0n) is 12.2. The molecule has 2 aliphatic rings. The summed E-state index contributed by atoms with van der Waals surface area (Å²) >= 11 is 0. The lowest BCUT2D eigenvalue weighted by atomic mass is 9.64. The van der Waals surface area contributed by atoms with Crippen LogP contribution < -0.4 is 11.1 Å². The molecule has 2 aliphatic carbocycles. The van der Waals surface area contributed by atoms with Crippen molar-refractivity contribution in [2.24, 2.45) is 16.6 Å². The van der Waals surface area contributed by atoms with Gasteiger partial charge in [0.2, 0.25) is 5.91 Å². The largest absolute Gasteiger partial charge is 0.381 e. The van der Waals surface area contributed by atoms with Gasteiger partial charge in [0.25, 0.3) is 0 Å². The first-order valence-corrected chi connectivity index (χ1v) is 7.00. The van der Waals surface area contributed by atoms with Gasteiger partial charge in [0.05, 0.1) is 11.5 Å². The predicted octanol–water partition coefficient (Wildman–Crippen LogP) is 1.86. The molecule has 0 bridgehead atoms. The highest BCUT2D eigenvalue weighted by Gasteiger charge is 2.51. The standard InChI is InChI=1S/C14H26N2O2.ClH/c1-13(2)10(8-11(13)18-3)16-12(17)14(9-15)6-4-5-7-14;/h10-11H,4-9,15H2,1-3H3,(H,16,17);1H. The number of rotatable bonds is 4. The van der Waals surface area contributed by atoms with Gasteiger partial charge in [0.15, 0.2) is 0 Å². The molecule has 2 fully saturated rings. The van der Waals surface area contributed by atoms with Crippen LogP contribution >= 0.6 is 12.4 Å². The second-order valence-electron chi connectivity index (χ2n) is 6.50. The molecule has 2 atom stereocenters. The molecule has 5 heteroatoms. The van der Waals surface area contributed by atoms with E-state index in [-0.39, 0.29) is 41.3 Å². The van der Waals surface area contributed by atoms with Crippen molar-refractivity contribution < 1.29 is 9.53 Å². The van der Waals surface area contributed by atoms with Crippen LogP contribution in [0.4, 0.5) is 0 Å².